The third-order valence-electron chi connectivity index (χ3n) is 2.21. The lowest BCUT2D eigenvalue weighted by Crippen LogP contribution is -2.18. The monoisotopic (exact) mass is 243 g/mol. The molecule has 0 amide bonds. The summed E-state index contributed by atoms with van der Waals surface area (Å²) < 4.78 is 40.4. The summed E-state index contributed by atoms with van der Waals surface area (Å²) >= 11 is 0. The molecule has 0 aliphatic heterocycles. The second-order valence-corrected chi connectivity index (χ2v) is 4.72. The first kappa shape index (κ1) is 13.6. The van der Waals surface area contributed by atoms with Crippen molar-refractivity contribution in [2.24, 2.45) is 0 Å². The molecule has 0 aromatic heterocycles. The van der Waals surface area contributed by atoms with Gasteiger partial charge in [0.2, 0.25) is 0 Å². The minimum absolute atomic E-state index is 0.240. The van der Waals surface area contributed by atoms with Crippen LogP contribution in [0, 0.1) is 6.08 Å². The quantitative estimate of drug-likeness (QED) is 0.755. The number of benzene rings is 1. The van der Waals surface area contributed by atoms with Gasteiger partial charge in [-0.3, -0.25) is 0 Å². The number of alkyl halides is 3. The fourth-order valence-corrected chi connectivity index (χ4v) is 1.33. The van der Waals surface area contributed by atoms with Crippen molar-refractivity contribution in [1.29, 1.82) is 0 Å². The van der Waals surface area contributed by atoms with Gasteiger partial charge in [0.25, 0.3) is 0 Å². The molecule has 4 heteroatoms. The van der Waals surface area contributed by atoms with Crippen LogP contribution in [0.25, 0.3) is 0 Å². The molecule has 0 fully saturated rings. The zero-order chi connectivity index (χ0) is 13.3. The molecule has 0 spiro atoms. The molecule has 1 radical (unpaired) electrons. The van der Waals surface area contributed by atoms with Gasteiger partial charge in [-0.05, 0) is 34.8 Å². The maximum Gasteiger partial charge on any atom is 0.573 e. The molecule has 0 N–H and O–H groups in total. The van der Waals surface area contributed by atoms with Gasteiger partial charge in [-0.15, -0.1) is 13.2 Å². The first-order chi connectivity index (χ1) is 7.62. The van der Waals surface area contributed by atoms with E-state index in [0.29, 0.717) is 5.56 Å². The van der Waals surface area contributed by atoms with Crippen LogP contribution in [0.1, 0.15) is 31.9 Å². The summed E-state index contributed by atoms with van der Waals surface area (Å²) in [7, 11) is 0. The molecular formula is C13H14F3O. The van der Waals surface area contributed by atoms with Gasteiger partial charge in [-0.1, -0.05) is 33.4 Å². The van der Waals surface area contributed by atoms with E-state index in [2.05, 4.69) is 17.4 Å². The number of ether oxygens (including phenoxy) is 1. The number of hydrogen-bond acceptors (Lipinski definition) is 1. The van der Waals surface area contributed by atoms with Gasteiger partial charge in [0.1, 0.15) is 5.75 Å². The van der Waals surface area contributed by atoms with Gasteiger partial charge in [0.15, 0.2) is 0 Å². The van der Waals surface area contributed by atoms with E-state index in [-0.39, 0.29) is 11.2 Å². The predicted octanol–water partition coefficient (Wildman–Crippen LogP) is 4.22. The molecule has 0 atom stereocenters. The molecule has 17 heavy (non-hydrogen) atoms. The van der Waals surface area contributed by atoms with E-state index in [1.165, 1.54) is 12.1 Å². The normalized spacial score (nSPS) is 12.4. The smallest absolute Gasteiger partial charge is 0.406 e. The molecule has 1 nitrogen and oxygen atoms in total. The van der Waals surface area contributed by atoms with Gasteiger partial charge in [-0.25, -0.2) is 0 Å². The van der Waals surface area contributed by atoms with Crippen molar-refractivity contribution in [2.75, 3.05) is 0 Å². The lowest BCUT2D eigenvalue weighted by Gasteiger charge is -2.21. The zero-order valence-corrected chi connectivity index (χ0v) is 9.98. The van der Waals surface area contributed by atoms with Crippen LogP contribution in [-0.4, -0.2) is 6.36 Å². The van der Waals surface area contributed by atoms with E-state index in [1.54, 1.807) is 6.07 Å². The summed E-state index contributed by atoms with van der Waals surface area (Å²) in [6.45, 7) is 9.16. The zero-order valence-electron chi connectivity index (χ0n) is 9.98. The van der Waals surface area contributed by atoms with Gasteiger partial charge in [0.05, 0.1) is 0 Å². The largest absolute Gasteiger partial charge is 0.573 e. The summed E-state index contributed by atoms with van der Waals surface area (Å²) in [6, 6.07) is 4.39. The third-order valence-corrected chi connectivity index (χ3v) is 2.21. The maximum atomic E-state index is 12.1. The molecule has 0 saturated carbocycles. The van der Waals surface area contributed by atoms with Crippen LogP contribution in [0.5, 0.6) is 5.75 Å². The Kier molecular flexibility index (Phi) is 3.55. The molecule has 1 aromatic carbocycles. The maximum absolute atomic E-state index is 12.1. The highest BCUT2D eigenvalue weighted by atomic mass is 19.4. The highest BCUT2D eigenvalue weighted by Gasteiger charge is 2.31. The second-order valence-electron chi connectivity index (χ2n) is 4.72. The van der Waals surface area contributed by atoms with Crippen molar-refractivity contribution in [2.45, 2.75) is 32.5 Å². The summed E-state index contributed by atoms with van der Waals surface area (Å²) in [5, 5.41) is 0. The lowest BCUT2D eigenvalue weighted by atomic mass is 9.86. The molecule has 0 aliphatic rings. The molecule has 1 aromatic rings. The molecule has 1 rings (SSSR count). The van der Waals surface area contributed by atoms with Crippen LogP contribution in [0.3, 0.4) is 0 Å². The Morgan fingerprint density at radius 1 is 1.12 bits per heavy atom. The molecule has 0 heterocycles. The van der Waals surface area contributed by atoms with Gasteiger partial charge in [0, 0.05) is 0 Å². The van der Waals surface area contributed by atoms with E-state index in [4.69, 9.17) is 0 Å². The lowest BCUT2D eigenvalue weighted by molar-refractivity contribution is -0.274. The molecule has 93 valence electrons. The third kappa shape index (κ3) is 4.13. The van der Waals surface area contributed by atoms with Crippen LogP contribution in [0.15, 0.2) is 24.8 Å². The summed E-state index contributed by atoms with van der Waals surface area (Å²) in [5.41, 5.74) is 0.957. The van der Waals surface area contributed by atoms with E-state index < -0.39 is 6.36 Å². The SMILES string of the molecule is C=[C]c1cc(OC(F)(F)F)cc(C(C)(C)C)c1. The van der Waals surface area contributed by atoms with Crippen LogP contribution < -0.4 is 4.74 Å². The Morgan fingerprint density at radius 3 is 2.12 bits per heavy atom. The fraction of sp³-hybridized carbons (Fsp3) is 0.385. The molecule has 0 unspecified atom stereocenters. The van der Waals surface area contributed by atoms with Crippen LogP contribution in [0.2, 0.25) is 0 Å². The van der Waals surface area contributed by atoms with E-state index in [0.717, 1.165) is 5.56 Å². The van der Waals surface area contributed by atoms with E-state index in [9.17, 15) is 13.2 Å². The van der Waals surface area contributed by atoms with Crippen molar-refractivity contribution in [3.05, 3.63) is 42.0 Å². The van der Waals surface area contributed by atoms with Gasteiger partial charge >= 0.3 is 6.36 Å². The minimum atomic E-state index is -4.69. The van der Waals surface area contributed by atoms with Crippen molar-refractivity contribution >= 4 is 0 Å². The average molecular weight is 243 g/mol. The van der Waals surface area contributed by atoms with Crippen LogP contribution in [0.4, 0.5) is 13.2 Å². The molecular weight excluding hydrogens is 229 g/mol. The van der Waals surface area contributed by atoms with Gasteiger partial charge < -0.3 is 4.74 Å². The topological polar surface area (TPSA) is 9.23 Å². The standard InChI is InChI=1S/C13H14F3O/c1-5-9-6-10(12(2,3)4)8-11(7-9)17-13(14,15)16/h6-8H,1H2,2-4H3. The Hall–Kier alpha value is -1.45. The minimum Gasteiger partial charge on any atom is -0.406 e. The molecule has 0 bridgehead atoms. The second kappa shape index (κ2) is 4.43. The Balaban J connectivity index is 3.19. The van der Waals surface area contributed by atoms with Crippen LogP contribution in [-0.2, 0) is 5.41 Å². The fourth-order valence-electron chi connectivity index (χ4n) is 1.33. The highest BCUT2D eigenvalue weighted by Crippen LogP contribution is 2.30. The Morgan fingerprint density at radius 2 is 1.71 bits per heavy atom. The van der Waals surface area contributed by atoms with Gasteiger partial charge in [-0.2, -0.15) is 0 Å². The van der Waals surface area contributed by atoms with E-state index >= 15 is 0 Å². The van der Waals surface area contributed by atoms with Crippen molar-refractivity contribution in [3.63, 3.8) is 0 Å². The number of hydrogen-bond donors (Lipinski definition) is 0. The van der Waals surface area contributed by atoms with Crippen molar-refractivity contribution in [3.8, 4) is 5.75 Å². The van der Waals surface area contributed by atoms with Crippen molar-refractivity contribution in [1.82, 2.24) is 0 Å². The Bertz CT molecular complexity index is 414. The Labute approximate surface area is 98.9 Å². The first-order valence-corrected chi connectivity index (χ1v) is 5.06. The average Bonchev–Trinajstić information content (AvgIpc) is 2.13. The first-order valence-electron chi connectivity index (χ1n) is 5.06. The number of halogens is 3. The van der Waals surface area contributed by atoms with Crippen molar-refractivity contribution < 1.29 is 17.9 Å². The summed E-state index contributed by atoms with van der Waals surface area (Å²) in [5.74, 6) is -0.240. The highest BCUT2D eigenvalue weighted by molar-refractivity contribution is 5.40. The summed E-state index contributed by atoms with van der Waals surface area (Å²) in [6.07, 6.45) is -2.12. The summed E-state index contributed by atoms with van der Waals surface area (Å²) in [4.78, 5) is 0. The molecule has 0 saturated heterocycles. The molecule has 0 aliphatic carbocycles. The van der Waals surface area contributed by atoms with E-state index in [1.807, 2.05) is 20.8 Å². The van der Waals surface area contributed by atoms with Crippen LogP contribution >= 0.6 is 0 Å². The predicted molar refractivity (Wildman–Crippen MR) is 59.8 cm³/mol. The number of rotatable bonds is 2.